The Morgan fingerprint density at radius 3 is 2.51 bits per heavy atom. The third-order valence-electron chi connectivity index (χ3n) is 12.2. The van der Waals surface area contributed by atoms with E-state index in [9.17, 15) is 0 Å². The van der Waals surface area contributed by atoms with E-state index in [1.165, 1.54) is 68.6 Å². The average molecular weight is 512 g/mol. The number of hydrogen-bond donors (Lipinski definition) is 0. The van der Waals surface area contributed by atoms with Crippen molar-refractivity contribution >= 4 is 33.7 Å². The predicted octanol–water partition coefficient (Wildman–Crippen LogP) is 8.78. The van der Waals surface area contributed by atoms with Gasteiger partial charge in [0.15, 0.2) is 0 Å². The molecule has 37 heavy (non-hydrogen) atoms. The molecule has 3 heteroatoms. The molecular weight excluding hydrogens is 470 g/mol. The van der Waals surface area contributed by atoms with E-state index in [-0.39, 0.29) is 0 Å². The molecule has 0 N–H and O–H groups in total. The minimum atomic E-state index is 0.667. The summed E-state index contributed by atoms with van der Waals surface area (Å²) in [6.07, 6.45) is 17.8. The quantitative estimate of drug-likeness (QED) is 0.325. The van der Waals surface area contributed by atoms with Crippen molar-refractivity contribution in [3.8, 4) is 0 Å². The number of nitrogens with zero attached hydrogens (tertiary/aromatic N) is 1. The Morgan fingerprint density at radius 2 is 1.54 bits per heavy atom. The maximum absolute atomic E-state index is 6.30. The number of thioether (sulfide) groups is 1. The first kappa shape index (κ1) is 22.4. The van der Waals surface area contributed by atoms with E-state index < -0.39 is 0 Å². The van der Waals surface area contributed by atoms with Gasteiger partial charge in [-0.2, -0.15) is 11.8 Å². The van der Waals surface area contributed by atoms with Crippen molar-refractivity contribution in [1.82, 2.24) is 4.90 Å². The van der Waals surface area contributed by atoms with Gasteiger partial charge in [-0.05, 0) is 92.2 Å². The molecule has 0 bridgehead atoms. The molecule has 0 radical (unpaired) electrons. The Kier molecular flexibility index (Phi) is 5.15. The molecule has 10 atom stereocenters. The Morgan fingerprint density at radius 1 is 0.703 bits per heavy atom. The van der Waals surface area contributed by atoms with Crippen LogP contribution in [0.3, 0.4) is 0 Å². The highest BCUT2D eigenvalue weighted by molar-refractivity contribution is 8.00. The first-order valence-corrected chi connectivity index (χ1v) is 16.6. The molecule has 0 spiro atoms. The Bertz CT molecular complexity index is 1330. The van der Waals surface area contributed by atoms with Crippen LogP contribution in [0.1, 0.15) is 88.5 Å². The maximum atomic E-state index is 6.30. The van der Waals surface area contributed by atoms with Gasteiger partial charge in [0.1, 0.15) is 11.2 Å². The van der Waals surface area contributed by atoms with Crippen LogP contribution in [0.4, 0.5) is 0 Å². The van der Waals surface area contributed by atoms with E-state index in [0.29, 0.717) is 5.92 Å². The average Bonchev–Trinajstić information content (AvgIpc) is 3.33. The lowest BCUT2D eigenvalue weighted by Crippen LogP contribution is -2.72. The molecule has 2 aromatic carbocycles. The monoisotopic (exact) mass is 511 g/mol. The lowest BCUT2D eigenvalue weighted by molar-refractivity contribution is -0.138. The van der Waals surface area contributed by atoms with E-state index >= 15 is 0 Å². The molecule has 4 aliphatic carbocycles. The van der Waals surface area contributed by atoms with E-state index in [1.807, 2.05) is 0 Å². The van der Waals surface area contributed by atoms with Gasteiger partial charge in [0.2, 0.25) is 0 Å². The van der Waals surface area contributed by atoms with Crippen molar-refractivity contribution in [2.24, 2.45) is 23.7 Å². The summed E-state index contributed by atoms with van der Waals surface area (Å²) in [5, 5.41) is 4.42. The zero-order valence-corrected chi connectivity index (χ0v) is 22.9. The number of fused-ring (bicyclic) bond motifs is 7. The molecule has 6 fully saturated rings. The summed E-state index contributed by atoms with van der Waals surface area (Å²) < 4.78 is 6.30. The number of furan rings is 1. The standard InChI is InChI=1S/C34H41NOS/c1-2-14-28-25(9-1)33-22(10-5-15-29(33)36-28)21-17-18-26-31(19-21)37-30-16-6-12-24-23-11-3-7-20-8-4-13-27(32(20)23)35(26)34(24)30/h1-2,5,9-10,14-15,20-21,23-24,26-27,30-32,34H,3-4,6-8,11-13,16-19H2. The molecule has 4 saturated carbocycles. The molecule has 2 nitrogen and oxygen atoms in total. The van der Waals surface area contributed by atoms with Crippen LogP contribution in [0.5, 0.6) is 0 Å². The van der Waals surface area contributed by atoms with Gasteiger partial charge in [-0.15, -0.1) is 0 Å². The third kappa shape index (κ3) is 3.22. The summed E-state index contributed by atoms with van der Waals surface area (Å²) in [5.74, 6) is 4.83. The van der Waals surface area contributed by atoms with Crippen molar-refractivity contribution < 1.29 is 4.42 Å². The Hall–Kier alpha value is -1.45. The van der Waals surface area contributed by atoms with Crippen molar-refractivity contribution in [2.45, 2.75) is 112 Å². The molecule has 3 aromatic rings. The molecule has 10 unspecified atom stereocenters. The van der Waals surface area contributed by atoms with Crippen molar-refractivity contribution in [3.63, 3.8) is 0 Å². The number of rotatable bonds is 1. The smallest absolute Gasteiger partial charge is 0.135 e. The minimum Gasteiger partial charge on any atom is -0.456 e. The van der Waals surface area contributed by atoms with Gasteiger partial charge in [0, 0.05) is 39.4 Å². The SMILES string of the molecule is c1ccc2c(c1)oc1cccc(C3CCC4C(C3)SC3CCCC5C6CCCC7CCCC(C76)N4C35)c12. The molecule has 1 aromatic heterocycles. The first-order valence-electron chi connectivity index (χ1n) is 15.7. The summed E-state index contributed by atoms with van der Waals surface area (Å²) in [7, 11) is 0. The van der Waals surface area contributed by atoms with E-state index in [1.54, 1.807) is 24.8 Å². The van der Waals surface area contributed by atoms with Crippen LogP contribution < -0.4 is 0 Å². The highest BCUT2D eigenvalue weighted by atomic mass is 32.2. The highest BCUT2D eigenvalue weighted by Gasteiger charge is 2.60. The summed E-state index contributed by atoms with van der Waals surface area (Å²) in [4.78, 5) is 3.29. The second kappa shape index (κ2) is 8.52. The van der Waals surface area contributed by atoms with Gasteiger partial charge in [0.05, 0.1) is 0 Å². The largest absolute Gasteiger partial charge is 0.456 e. The molecule has 0 amide bonds. The fourth-order valence-corrected chi connectivity index (χ4v) is 13.1. The van der Waals surface area contributed by atoms with Gasteiger partial charge in [-0.3, -0.25) is 4.90 Å². The Balaban J connectivity index is 1.08. The molecule has 2 aliphatic heterocycles. The highest BCUT2D eigenvalue weighted by Crippen LogP contribution is 2.61. The van der Waals surface area contributed by atoms with Crippen LogP contribution in [-0.4, -0.2) is 33.5 Å². The lowest BCUT2D eigenvalue weighted by atomic mass is 9.53. The fourth-order valence-electron chi connectivity index (χ4n) is 11.1. The second-order valence-electron chi connectivity index (χ2n) is 13.6. The number of piperidine rings is 1. The number of benzene rings is 2. The zero-order valence-electron chi connectivity index (χ0n) is 22.1. The van der Waals surface area contributed by atoms with Crippen LogP contribution in [0.25, 0.3) is 21.9 Å². The fraction of sp³-hybridized carbons (Fsp3) is 0.647. The van der Waals surface area contributed by atoms with Crippen LogP contribution in [0.15, 0.2) is 46.9 Å². The molecular formula is C34H41NOS. The van der Waals surface area contributed by atoms with Crippen molar-refractivity contribution in [1.29, 1.82) is 0 Å². The molecule has 6 aliphatic rings. The summed E-state index contributed by atoms with van der Waals surface area (Å²) >= 11 is 2.47. The Labute approximate surface area is 225 Å². The number of hydrogen-bond acceptors (Lipinski definition) is 3. The first-order chi connectivity index (χ1) is 18.3. The van der Waals surface area contributed by atoms with Gasteiger partial charge in [-0.25, -0.2) is 0 Å². The molecule has 194 valence electrons. The molecule has 2 saturated heterocycles. The van der Waals surface area contributed by atoms with Gasteiger partial charge in [-0.1, -0.05) is 62.4 Å². The number of para-hydroxylation sites is 1. The second-order valence-corrected chi connectivity index (χ2v) is 15.1. The van der Waals surface area contributed by atoms with Gasteiger partial charge in [0.25, 0.3) is 0 Å². The minimum absolute atomic E-state index is 0.667. The molecule has 3 heterocycles. The van der Waals surface area contributed by atoms with Crippen molar-refractivity contribution in [2.75, 3.05) is 0 Å². The van der Waals surface area contributed by atoms with E-state index in [0.717, 1.165) is 63.5 Å². The van der Waals surface area contributed by atoms with E-state index in [4.69, 9.17) is 4.42 Å². The van der Waals surface area contributed by atoms with Crippen LogP contribution >= 0.6 is 11.8 Å². The lowest BCUT2D eigenvalue weighted by Gasteiger charge is -2.67. The van der Waals surface area contributed by atoms with E-state index in [2.05, 4.69) is 59.1 Å². The maximum Gasteiger partial charge on any atom is 0.135 e. The zero-order chi connectivity index (χ0) is 24.1. The third-order valence-corrected chi connectivity index (χ3v) is 13.9. The topological polar surface area (TPSA) is 16.4 Å². The predicted molar refractivity (Wildman–Crippen MR) is 154 cm³/mol. The van der Waals surface area contributed by atoms with Gasteiger partial charge >= 0.3 is 0 Å². The van der Waals surface area contributed by atoms with Crippen LogP contribution in [0.2, 0.25) is 0 Å². The van der Waals surface area contributed by atoms with Crippen LogP contribution in [0, 0.1) is 23.7 Å². The van der Waals surface area contributed by atoms with Gasteiger partial charge < -0.3 is 4.42 Å². The molecule has 9 rings (SSSR count). The summed E-state index contributed by atoms with van der Waals surface area (Å²) in [5.41, 5.74) is 3.69. The summed E-state index contributed by atoms with van der Waals surface area (Å²) in [6, 6.07) is 18.2. The van der Waals surface area contributed by atoms with Crippen LogP contribution in [-0.2, 0) is 0 Å². The normalized spacial score (nSPS) is 43.2. The van der Waals surface area contributed by atoms with Crippen molar-refractivity contribution in [3.05, 3.63) is 48.0 Å². The summed E-state index contributed by atoms with van der Waals surface area (Å²) in [6.45, 7) is 0.